The molecule has 3 aromatic rings. The van der Waals surface area contributed by atoms with E-state index in [0.717, 1.165) is 30.9 Å². The molecule has 234 valence electrons. The Labute approximate surface area is 246 Å². The molecule has 1 aliphatic carbocycles. The number of alkyl halides is 6. The van der Waals surface area contributed by atoms with Gasteiger partial charge in [-0.3, -0.25) is 0 Å². The monoisotopic (exact) mass is 611 g/mol. The Kier molecular flexibility index (Phi) is 9.71. The zero-order valence-corrected chi connectivity index (χ0v) is 24.2. The molecule has 0 spiro atoms. The summed E-state index contributed by atoms with van der Waals surface area (Å²) in [5, 5.41) is 0.664. The maximum absolute atomic E-state index is 14.0. The van der Waals surface area contributed by atoms with Gasteiger partial charge in [0.25, 0.3) is 0 Å². The van der Waals surface area contributed by atoms with Crippen LogP contribution in [0.1, 0.15) is 64.5 Å². The Bertz CT molecular complexity index is 1440. The van der Waals surface area contributed by atoms with Crippen molar-refractivity contribution in [3.8, 4) is 22.8 Å². The number of hydrogen-bond donors (Lipinski definition) is 0. The molecule has 4 rings (SSSR count). The molecule has 0 saturated heterocycles. The summed E-state index contributed by atoms with van der Waals surface area (Å²) >= 11 is 0. The summed E-state index contributed by atoms with van der Waals surface area (Å²) in [6, 6.07) is 11.1. The van der Waals surface area contributed by atoms with Crippen molar-refractivity contribution in [2.75, 3.05) is 0 Å². The largest absolute Gasteiger partial charge is 0.573 e. The van der Waals surface area contributed by atoms with E-state index in [2.05, 4.69) is 11.3 Å². The van der Waals surface area contributed by atoms with Crippen molar-refractivity contribution in [3.05, 3.63) is 60.7 Å². The Morgan fingerprint density at radius 3 is 2.37 bits per heavy atom. The van der Waals surface area contributed by atoms with Crippen LogP contribution in [-0.4, -0.2) is 35.3 Å². The molecule has 1 heterocycles. The van der Waals surface area contributed by atoms with E-state index in [1.807, 2.05) is 25.3 Å². The van der Waals surface area contributed by atoms with E-state index < -0.39 is 36.6 Å². The Morgan fingerprint density at radius 2 is 1.74 bits per heavy atom. The van der Waals surface area contributed by atoms with Gasteiger partial charge in [0.15, 0.2) is 0 Å². The molecule has 2 aromatic carbocycles. The second-order valence-corrected chi connectivity index (χ2v) is 11.0. The van der Waals surface area contributed by atoms with Gasteiger partial charge < -0.3 is 18.8 Å². The van der Waals surface area contributed by atoms with Crippen LogP contribution in [0.4, 0.5) is 26.3 Å². The normalized spacial score (nSPS) is 19.2. The molecule has 1 aliphatic rings. The van der Waals surface area contributed by atoms with Crippen molar-refractivity contribution < 1.29 is 45.3 Å². The predicted octanol–water partition coefficient (Wildman–Crippen LogP) is 9.34. The molecule has 3 unspecified atom stereocenters. The van der Waals surface area contributed by atoms with Gasteiger partial charge in [-0.25, -0.2) is 4.79 Å². The number of carbonyl (C=O) groups excluding carboxylic acids is 1. The first-order valence-corrected chi connectivity index (χ1v) is 14.3. The van der Waals surface area contributed by atoms with E-state index >= 15 is 0 Å². The first kappa shape index (κ1) is 32.3. The summed E-state index contributed by atoms with van der Waals surface area (Å²) in [6.07, 6.45) is -8.10. The van der Waals surface area contributed by atoms with E-state index in [9.17, 15) is 31.1 Å². The minimum absolute atomic E-state index is 0.0104. The fraction of sp³-hybridized carbons (Fsp3) is 0.469. The lowest BCUT2D eigenvalue weighted by atomic mass is 10.0. The fourth-order valence-electron chi connectivity index (χ4n) is 5.75. The van der Waals surface area contributed by atoms with Crippen molar-refractivity contribution >= 4 is 16.9 Å². The molecule has 0 aliphatic heterocycles. The number of esters is 1. The predicted molar refractivity (Wildman–Crippen MR) is 151 cm³/mol. The number of unbranched alkanes of at least 4 members (excludes halogenated alkanes) is 2. The van der Waals surface area contributed by atoms with Crippen LogP contribution in [0.2, 0.25) is 0 Å². The summed E-state index contributed by atoms with van der Waals surface area (Å²) in [4.78, 5) is 11.6. The molecule has 43 heavy (non-hydrogen) atoms. The summed E-state index contributed by atoms with van der Waals surface area (Å²) in [6.45, 7) is 9.00. The summed E-state index contributed by atoms with van der Waals surface area (Å²) in [5.74, 6) is -3.13. The van der Waals surface area contributed by atoms with E-state index in [0.29, 0.717) is 23.0 Å². The van der Waals surface area contributed by atoms with Crippen molar-refractivity contribution in [1.29, 1.82) is 0 Å². The van der Waals surface area contributed by atoms with Crippen LogP contribution < -0.4 is 9.47 Å². The van der Waals surface area contributed by atoms with Crippen LogP contribution in [0.25, 0.3) is 22.2 Å². The van der Waals surface area contributed by atoms with Gasteiger partial charge in [0, 0.05) is 29.1 Å². The number of carbonyl (C=O) groups is 1. The molecule has 1 aromatic heterocycles. The van der Waals surface area contributed by atoms with Gasteiger partial charge in [0.1, 0.15) is 29.6 Å². The van der Waals surface area contributed by atoms with Crippen LogP contribution in [0.15, 0.2) is 55.1 Å². The summed E-state index contributed by atoms with van der Waals surface area (Å²) in [5.41, 5.74) is 2.01. The Balaban J connectivity index is 1.72. The highest BCUT2D eigenvalue weighted by molar-refractivity contribution is 5.89. The number of aromatic nitrogens is 1. The lowest BCUT2D eigenvalue weighted by Gasteiger charge is -2.27. The van der Waals surface area contributed by atoms with Crippen molar-refractivity contribution in [3.63, 3.8) is 0 Å². The van der Waals surface area contributed by atoms with E-state index in [4.69, 9.17) is 9.47 Å². The lowest BCUT2D eigenvalue weighted by Crippen LogP contribution is -2.41. The number of rotatable bonds is 11. The molecule has 11 heteroatoms. The number of benzene rings is 2. The van der Waals surface area contributed by atoms with E-state index in [1.54, 1.807) is 30.3 Å². The number of nitrogens with zero attached hydrogens (tertiary/aromatic N) is 1. The minimum Gasteiger partial charge on any atom is -0.490 e. The third kappa shape index (κ3) is 7.67. The molecule has 1 fully saturated rings. The zero-order chi connectivity index (χ0) is 31.5. The number of halogens is 6. The number of fused-ring (bicyclic) bond motifs is 1. The molecule has 0 bridgehead atoms. The van der Waals surface area contributed by atoms with Crippen LogP contribution in [0.3, 0.4) is 0 Å². The number of ether oxygens (including phenoxy) is 3. The SMILES string of the molecule is C=CC(=O)OC1CCC(Oc2ccc3cc(-c4ccc(CCCCC)cc4OC(F)(F)F)n(C(C)C)c3c2)C1C(F)(F)F. The maximum atomic E-state index is 14.0. The van der Waals surface area contributed by atoms with E-state index in [1.165, 1.54) is 12.1 Å². The third-order valence-corrected chi connectivity index (χ3v) is 7.58. The fourth-order valence-corrected chi connectivity index (χ4v) is 5.75. The molecule has 5 nitrogen and oxygen atoms in total. The molecule has 3 atom stereocenters. The molecule has 0 radical (unpaired) electrons. The maximum Gasteiger partial charge on any atom is 0.573 e. The summed E-state index contributed by atoms with van der Waals surface area (Å²) in [7, 11) is 0. The van der Waals surface area contributed by atoms with Crippen molar-refractivity contribution in [2.45, 2.75) is 90.1 Å². The Hall–Kier alpha value is -3.63. The highest BCUT2D eigenvalue weighted by Gasteiger charge is 2.55. The van der Waals surface area contributed by atoms with Gasteiger partial charge in [0.05, 0.1) is 11.2 Å². The average molecular weight is 612 g/mol. The first-order valence-electron chi connectivity index (χ1n) is 14.3. The summed E-state index contributed by atoms with van der Waals surface area (Å²) < 4.78 is 99.5. The van der Waals surface area contributed by atoms with Crippen LogP contribution >= 0.6 is 0 Å². The lowest BCUT2D eigenvalue weighted by molar-refractivity contribution is -0.274. The Morgan fingerprint density at radius 1 is 1.02 bits per heavy atom. The van der Waals surface area contributed by atoms with Crippen molar-refractivity contribution in [1.82, 2.24) is 4.57 Å². The molecule has 0 amide bonds. The molecule has 1 saturated carbocycles. The van der Waals surface area contributed by atoms with Gasteiger partial charge in [-0.05, 0) is 75.4 Å². The minimum atomic E-state index is -4.90. The third-order valence-electron chi connectivity index (χ3n) is 7.58. The van der Waals surface area contributed by atoms with Crippen LogP contribution in [-0.2, 0) is 16.0 Å². The molecule has 0 N–H and O–H groups in total. The molecular weight excluding hydrogens is 576 g/mol. The quantitative estimate of drug-likeness (QED) is 0.0939. The standard InChI is InChI=1S/C32H35F6NO4/c1-5-7-8-9-20-10-13-23(28(16-20)43-32(36,37)38)25-17-21-11-12-22(18-24(21)39(25)19(3)4)41-26-14-15-27(42-29(40)6-2)30(26)31(33,34)35/h6,10-13,16-19,26-27,30H,2,5,7-9,14-15H2,1,3-4H3. The van der Waals surface area contributed by atoms with Gasteiger partial charge in [0.2, 0.25) is 0 Å². The van der Waals surface area contributed by atoms with Gasteiger partial charge >= 0.3 is 18.5 Å². The average Bonchev–Trinajstić information content (AvgIpc) is 3.49. The first-order chi connectivity index (χ1) is 20.2. The second-order valence-electron chi connectivity index (χ2n) is 11.0. The molecular formula is C32H35F6NO4. The van der Waals surface area contributed by atoms with Crippen LogP contribution in [0.5, 0.6) is 11.5 Å². The van der Waals surface area contributed by atoms with Crippen LogP contribution in [0, 0.1) is 5.92 Å². The van der Waals surface area contributed by atoms with Crippen molar-refractivity contribution in [2.24, 2.45) is 5.92 Å². The highest BCUT2D eigenvalue weighted by atomic mass is 19.4. The smallest absolute Gasteiger partial charge is 0.490 e. The number of aryl methyl sites for hydroxylation is 1. The van der Waals surface area contributed by atoms with E-state index in [-0.39, 0.29) is 35.9 Å². The zero-order valence-electron chi connectivity index (χ0n) is 24.2. The van der Waals surface area contributed by atoms with Gasteiger partial charge in [-0.15, -0.1) is 13.2 Å². The van der Waals surface area contributed by atoms with Gasteiger partial charge in [-0.1, -0.05) is 32.4 Å². The second kappa shape index (κ2) is 12.9. The topological polar surface area (TPSA) is 49.7 Å². The number of hydrogen-bond acceptors (Lipinski definition) is 4. The highest BCUT2D eigenvalue weighted by Crippen LogP contribution is 2.44. The van der Waals surface area contributed by atoms with Gasteiger partial charge in [-0.2, -0.15) is 13.2 Å².